The molecule has 0 saturated heterocycles. The summed E-state index contributed by atoms with van der Waals surface area (Å²) in [7, 11) is 0. The molecule has 0 unspecified atom stereocenters. The van der Waals surface area contributed by atoms with Gasteiger partial charge >= 0.3 is 0 Å². The Bertz CT molecular complexity index is 771. The lowest BCUT2D eigenvalue weighted by Crippen LogP contribution is -2.25. The van der Waals surface area contributed by atoms with E-state index in [-0.39, 0.29) is 5.91 Å². The molecule has 9 heteroatoms. The average molecular weight is 342 g/mol. The summed E-state index contributed by atoms with van der Waals surface area (Å²) in [6.07, 6.45) is 2.17. The second-order valence-electron chi connectivity index (χ2n) is 4.19. The van der Waals surface area contributed by atoms with Crippen molar-refractivity contribution in [3.05, 3.63) is 45.1 Å². The molecule has 0 aliphatic carbocycles. The summed E-state index contributed by atoms with van der Waals surface area (Å²) < 4.78 is 1.61. The SMILES string of the molecule is O=C(NCCc1nn2cnnc2s1)c1ccc(Cl)c(Cl)c1. The number of fused-ring (bicyclic) bond motifs is 1. The van der Waals surface area contributed by atoms with Crippen molar-refractivity contribution >= 4 is 45.4 Å². The van der Waals surface area contributed by atoms with Crippen LogP contribution in [0.2, 0.25) is 10.0 Å². The molecule has 3 aromatic rings. The fraction of sp³-hybridized carbons (Fsp3) is 0.167. The molecule has 0 aliphatic heterocycles. The molecule has 0 spiro atoms. The molecule has 21 heavy (non-hydrogen) atoms. The molecule has 0 aliphatic rings. The Morgan fingerprint density at radius 3 is 2.95 bits per heavy atom. The minimum absolute atomic E-state index is 0.198. The number of aromatic nitrogens is 4. The van der Waals surface area contributed by atoms with Crippen LogP contribution in [0.3, 0.4) is 0 Å². The topological polar surface area (TPSA) is 72.2 Å². The van der Waals surface area contributed by atoms with Crippen molar-refractivity contribution in [2.45, 2.75) is 6.42 Å². The van der Waals surface area contributed by atoms with Gasteiger partial charge in [-0.3, -0.25) is 4.79 Å². The standard InChI is InChI=1S/C12H9Cl2N5OS/c13-8-2-1-7(5-9(8)14)11(20)15-4-3-10-18-19-6-16-17-12(19)21-10/h1-2,5-6H,3-4H2,(H,15,20). The lowest BCUT2D eigenvalue weighted by molar-refractivity contribution is 0.0954. The predicted molar refractivity (Wildman–Crippen MR) is 81.2 cm³/mol. The van der Waals surface area contributed by atoms with Crippen LogP contribution < -0.4 is 5.32 Å². The van der Waals surface area contributed by atoms with Crippen molar-refractivity contribution < 1.29 is 4.79 Å². The van der Waals surface area contributed by atoms with Crippen molar-refractivity contribution in [1.82, 2.24) is 25.1 Å². The number of halogens is 2. The average Bonchev–Trinajstić information content (AvgIpc) is 3.02. The number of nitrogens with zero attached hydrogens (tertiary/aromatic N) is 4. The zero-order valence-electron chi connectivity index (χ0n) is 10.6. The molecule has 1 N–H and O–H groups in total. The Morgan fingerprint density at radius 1 is 1.33 bits per heavy atom. The van der Waals surface area contributed by atoms with E-state index in [1.54, 1.807) is 29.0 Å². The number of carbonyl (C=O) groups excluding carboxylic acids is 1. The molecular weight excluding hydrogens is 333 g/mol. The van der Waals surface area contributed by atoms with Crippen LogP contribution in [0.1, 0.15) is 15.4 Å². The van der Waals surface area contributed by atoms with Gasteiger partial charge < -0.3 is 5.32 Å². The summed E-state index contributed by atoms with van der Waals surface area (Å²) in [6.45, 7) is 0.475. The first kappa shape index (κ1) is 14.2. The van der Waals surface area contributed by atoms with Gasteiger partial charge in [-0.25, -0.2) is 0 Å². The first-order valence-electron chi connectivity index (χ1n) is 6.02. The molecule has 6 nitrogen and oxygen atoms in total. The van der Waals surface area contributed by atoms with E-state index in [9.17, 15) is 4.79 Å². The summed E-state index contributed by atoms with van der Waals surface area (Å²) in [4.78, 5) is 12.7. The molecular formula is C12H9Cl2N5OS. The van der Waals surface area contributed by atoms with Gasteiger partial charge in [0.2, 0.25) is 4.96 Å². The van der Waals surface area contributed by atoms with Gasteiger partial charge in [-0.2, -0.15) is 9.61 Å². The third-order valence-corrected chi connectivity index (χ3v) is 4.45. The summed E-state index contributed by atoms with van der Waals surface area (Å²) >= 11 is 13.1. The third-order valence-electron chi connectivity index (χ3n) is 2.73. The van der Waals surface area contributed by atoms with E-state index in [0.717, 1.165) is 9.97 Å². The Morgan fingerprint density at radius 2 is 2.19 bits per heavy atom. The van der Waals surface area contributed by atoms with Crippen LogP contribution in [-0.2, 0) is 6.42 Å². The zero-order chi connectivity index (χ0) is 14.8. The van der Waals surface area contributed by atoms with E-state index in [2.05, 4.69) is 20.6 Å². The molecule has 3 rings (SSSR count). The molecule has 0 bridgehead atoms. The van der Waals surface area contributed by atoms with Crippen LogP contribution in [0, 0.1) is 0 Å². The highest BCUT2D eigenvalue weighted by Gasteiger charge is 2.09. The Hall–Kier alpha value is -1.70. The highest BCUT2D eigenvalue weighted by atomic mass is 35.5. The molecule has 2 heterocycles. The number of carbonyl (C=O) groups is 1. The number of amides is 1. The predicted octanol–water partition coefficient (Wildman–Crippen LogP) is 2.47. The van der Waals surface area contributed by atoms with Crippen molar-refractivity contribution in [3.8, 4) is 0 Å². The van der Waals surface area contributed by atoms with E-state index in [4.69, 9.17) is 23.2 Å². The number of hydrogen-bond acceptors (Lipinski definition) is 5. The lowest BCUT2D eigenvalue weighted by atomic mass is 10.2. The second kappa shape index (κ2) is 5.97. The smallest absolute Gasteiger partial charge is 0.251 e. The molecule has 0 atom stereocenters. The van der Waals surface area contributed by atoms with E-state index in [0.29, 0.717) is 28.6 Å². The molecule has 0 saturated carbocycles. The van der Waals surface area contributed by atoms with Gasteiger partial charge in [0, 0.05) is 18.5 Å². The van der Waals surface area contributed by atoms with Crippen LogP contribution in [0.15, 0.2) is 24.5 Å². The highest BCUT2D eigenvalue weighted by molar-refractivity contribution is 7.16. The first-order valence-corrected chi connectivity index (χ1v) is 7.60. The number of hydrogen-bond donors (Lipinski definition) is 1. The molecule has 0 fully saturated rings. The van der Waals surface area contributed by atoms with Crippen LogP contribution in [0.5, 0.6) is 0 Å². The molecule has 1 aromatic carbocycles. The Balaban J connectivity index is 1.58. The van der Waals surface area contributed by atoms with E-state index >= 15 is 0 Å². The highest BCUT2D eigenvalue weighted by Crippen LogP contribution is 2.22. The first-order chi connectivity index (χ1) is 10.1. The summed E-state index contributed by atoms with van der Waals surface area (Å²) in [5.41, 5.74) is 0.475. The summed E-state index contributed by atoms with van der Waals surface area (Å²) in [6, 6.07) is 4.77. The third kappa shape index (κ3) is 3.15. The van der Waals surface area contributed by atoms with Crippen molar-refractivity contribution in [1.29, 1.82) is 0 Å². The molecule has 108 valence electrons. The van der Waals surface area contributed by atoms with Crippen molar-refractivity contribution in [3.63, 3.8) is 0 Å². The van der Waals surface area contributed by atoms with Gasteiger partial charge in [0.05, 0.1) is 10.0 Å². The van der Waals surface area contributed by atoms with Gasteiger partial charge in [0.1, 0.15) is 11.3 Å². The lowest BCUT2D eigenvalue weighted by Gasteiger charge is -2.04. The normalized spacial score (nSPS) is 11.0. The largest absolute Gasteiger partial charge is 0.352 e. The minimum Gasteiger partial charge on any atom is -0.352 e. The molecule has 2 aromatic heterocycles. The second-order valence-corrected chi connectivity index (χ2v) is 6.04. The van der Waals surface area contributed by atoms with Crippen molar-refractivity contribution in [2.75, 3.05) is 6.54 Å². The monoisotopic (exact) mass is 341 g/mol. The van der Waals surface area contributed by atoms with Gasteiger partial charge in [-0.1, -0.05) is 34.5 Å². The number of rotatable bonds is 4. The fourth-order valence-electron chi connectivity index (χ4n) is 1.72. The van der Waals surface area contributed by atoms with E-state index < -0.39 is 0 Å². The zero-order valence-corrected chi connectivity index (χ0v) is 12.9. The van der Waals surface area contributed by atoms with Gasteiger partial charge in [0.25, 0.3) is 5.91 Å². The van der Waals surface area contributed by atoms with Gasteiger partial charge in [0.15, 0.2) is 0 Å². The quantitative estimate of drug-likeness (QED) is 0.791. The number of benzene rings is 1. The van der Waals surface area contributed by atoms with Crippen molar-refractivity contribution in [2.24, 2.45) is 0 Å². The van der Waals surface area contributed by atoms with Gasteiger partial charge in [-0.05, 0) is 18.2 Å². The minimum atomic E-state index is -0.198. The summed E-state index contributed by atoms with van der Waals surface area (Å²) in [5, 5.41) is 16.4. The molecule has 0 radical (unpaired) electrons. The van der Waals surface area contributed by atoms with Gasteiger partial charge in [-0.15, -0.1) is 10.2 Å². The van der Waals surface area contributed by atoms with Crippen LogP contribution in [-0.4, -0.2) is 32.3 Å². The maximum atomic E-state index is 12.0. The Labute approximate surface area is 133 Å². The summed E-state index contributed by atoms with van der Waals surface area (Å²) in [5.74, 6) is -0.198. The van der Waals surface area contributed by atoms with Crippen LogP contribution >= 0.6 is 34.5 Å². The van der Waals surface area contributed by atoms with E-state index in [1.165, 1.54) is 11.3 Å². The maximum absolute atomic E-state index is 12.0. The molecule has 1 amide bonds. The van der Waals surface area contributed by atoms with Crippen LogP contribution in [0.4, 0.5) is 0 Å². The fourth-order valence-corrected chi connectivity index (χ4v) is 2.84. The number of nitrogens with one attached hydrogen (secondary N) is 1. The van der Waals surface area contributed by atoms with E-state index in [1.807, 2.05) is 0 Å². The Kier molecular flexibility index (Phi) is 4.05. The maximum Gasteiger partial charge on any atom is 0.251 e. The van der Waals surface area contributed by atoms with Crippen LogP contribution in [0.25, 0.3) is 4.96 Å².